The second-order valence-corrected chi connectivity index (χ2v) is 2.02. The molecule has 0 heterocycles. The van der Waals surface area contributed by atoms with E-state index in [1.165, 1.54) is 20.2 Å². The number of hydrogen-bond acceptors (Lipinski definition) is 2. The highest BCUT2D eigenvalue weighted by atomic mass is 16.2. The average Bonchev–Trinajstić information content (AvgIpc) is 2.02. The lowest BCUT2D eigenvalue weighted by molar-refractivity contribution is -0.119. The maximum Gasteiger partial charge on any atom is 0.246 e. The maximum atomic E-state index is 10.8. The minimum atomic E-state index is -0.272. The van der Waals surface area contributed by atoms with Crippen molar-refractivity contribution in [1.82, 2.24) is 10.6 Å². The summed E-state index contributed by atoms with van der Waals surface area (Å²) in [6, 6.07) is 0. The molecule has 0 rings (SSSR count). The zero-order valence-corrected chi connectivity index (χ0v) is 6.89. The van der Waals surface area contributed by atoms with E-state index >= 15 is 0 Å². The van der Waals surface area contributed by atoms with Gasteiger partial charge in [-0.1, -0.05) is 0 Å². The SMILES string of the molecule is CNC(=O)/C=C(/C)C(=O)NC. The van der Waals surface area contributed by atoms with Gasteiger partial charge in [0, 0.05) is 25.7 Å². The summed E-state index contributed by atoms with van der Waals surface area (Å²) >= 11 is 0. The summed E-state index contributed by atoms with van der Waals surface area (Å²) in [5.41, 5.74) is 0.395. The average molecular weight is 156 g/mol. The number of nitrogens with one attached hydrogen (secondary N) is 2. The number of rotatable bonds is 2. The van der Waals surface area contributed by atoms with Crippen LogP contribution in [-0.4, -0.2) is 25.9 Å². The van der Waals surface area contributed by atoms with Crippen molar-refractivity contribution in [3.8, 4) is 0 Å². The molecule has 0 aliphatic carbocycles. The third-order valence-electron chi connectivity index (χ3n) is 1.18. The predicted molar refractivity (Wildman–Crippen MR) is 41.9 cm³/mol. The van der Waals surface area contributed by atoms with Crippen molar-refractivity contribution in [3.63, 3.8) is 0 Å². The van der Waals surface area contributed by atoms with Crippen molar-refractivity contribution in [1.29, 1.82) is 0 Å². The Morgan fingerprint density at radius 1 is 1.18 bits per heavy atom. The van der Waals surface area contributed by atoms with Crippen LogP contribution in [-0.2, 0) is 9.59 Å². The highest BCUT2D eigenvalue weighted by molar-refractivity contribution is 6.00. The molecule has 0 spiro atoms. The van der Waals surface area contributed by atoms with Crippen molar-refractivity contribution in [3.05, 3.63) is 11.6 Å². The van der Waals surface area contributed by atoms with Gasteiger partial charge in [0.2, 0.25) is 11.8 Å². The Labute approximate surface area is 65.7 Å². The fraction of sp³-hybridized carbons (Fsp3) is 0.429. The molecule has 2 amide bonds. The van der Waals surface area contributed by atoms with Gasteiger partial charge in [0.05, 0.1) is 0 Å². The largest absolute Gasteiger partial charge is 0.356 e. The van der Waals surface area contributed by atoms with Crippen LogP contribution in [0.5, 0.6) is 0 Å². The van der Waals surface area contributed by atoms with E-state index in [0.717, 1.165) is 0 Å². The van der Waals surface area contributed by atoms with Crippen LogP contribution in [0, 0.1) is 0 Å². The fourth-order valence-electron chi connectivity index (χ4n) is 0.532. The molecular weight excluding hydrogens is 144 g/mol. The van der Waals surface area contributed by atoms with E-state index in [4.69, 9.17) is 0 Å². The summed E-state index contributed by atoms with van der Waals surface area (Å²) in [6.07, 6.45) is 1.25. The Hall–Kier alpha value is -1.32. The van der Waals surface area contributed by atoms with Crippen LogP contribution in [0.3, 0.4) is 0 Å². The van der Waals surface area contributed by atoms with Gasteiger partial charge in [-0.05, 0) is 6.92 Å². The molecule has 0 aromatic carbocycles. The monoisotopic (exact) mass is 156 g/mol. The minimum absolute atomic E-state index is 0.242. The molecule has 0 bridgehead atoms. The Kier molecular flexibility index (Phi) is 3.95. The van der Waals surface area contributed by atoms with Crippen molar-refractivity contribution < 1.29 is 9.59 Å². The molecular formula is C7H12N2O2. The number of likely N-dealkylation sites (N-methyl/N-ethyl adjacent to an activating group) is 2. The molecule has 2 N–H and O–H groups in total. The van der Waals surface area contributed by atoms with Gasteiger partial charge >= 0.3 is 0 Å². The van der Waals surface area contributed by atoms with Crippen LogP contribution in [0.15, 0.2) is 11.6 Å². The second-order valence-electron chi connectivity index (χ2n) is 2.02. The zero-order valence-electron chi connectivity index (χ0n) is 6.89. The third-order valence-corrected chi connectivity index (χ3v) is 1.18. The van der Waals surface area contributed by atoms with Crippen LogP contribution in [0.25, 0.3) is 0 Å². The summed E-state index contributed by atoms with van der Waals surface area (Å²) in [5.74, 6) is -0.514. The highest BCUT2D eigenvalue weighted by Gasteiger charge is 2.01. The maximum absolute atomic E-state index is 10.8. The molecule has 0 unspecified atom stereocenters. The van der Waals surface area contributed by atoms with Gasteiger partial charge in [0.15, 0.2) is 0 Å². The van der Waals surface area contributed by atoms with Gasteiger partial charge in [-0.15, -0.1) is 0 Å². The van der Waals surface area contributed by atoms with Crippen LogP contribution in [0.1, 0.15) is 6.92 Å². The molecule has 4 nitrogen and oxygen atoms in total. The topological polar surface area (TPSA) is 58.2 Å². The second kappa shape index (κ2) is 4.49. The van der Waals surface area contributed by atoms with E-state index in [1.54, 1.807) is 6.92 Å². The molecule has 0 radical (unpaired) electrons. The molecule has 0 aliphatic rings. The number of amides is 2. The summed E-state index contributed by atoms with van der Waals surface area (Å²) in [5, 5.41) is 4.79. The van der Waals surface area contributed by atoms with Gasteiger partial charge in [-0.25, -0.2) is 0 Å². The lowest BCUT2D eigenvalue weighted by Gasteiger charge is -1.97. The smallest absolute Gasteiger partial charge is 0.246 e. The molecule has 0 aromatic rings. The third kappa shape index (κ3) is 3.40. The van der Waals surface area contributed by atoms with Crippen molar-refractivity contribution >= 4 is 11.8 Å². The van der Waals surface area contributed by atoms with E-state index in [2.05, 4.69) is 10.6 Å². The number of carbonyl (C=O) groups is 2. The van der Waals surface area contributed by atoms with Gasteiger partial charge in [-0.3, -0.25) is 9.59 Å². The first-order chi connectivity index (χ1) is 5.11. The van der Waals surface area contributed by atoms with E-state index < -0.39 is 0 Å². The first kappa shape index (κ1) is 9.68. The fourth-order valence-corrected chi connectivity index (χ4v) is 0.532. The van der Waals surface area contributed by atoms with Gasteiger partial charge < -0.3 is 10.6 Å². The Morgan fingerprint density at radius 2 is 1.73 bits per heavy atom. The first-order valence-electron chi connectivity index (χ1n) is 3.24. The van der Waals surface area contributed by atoms with Crippen LogP contribution in [0.4, 0.5) is 0 Å². The standard InChI is InChI=1S/C7H12N2O2/c1-5(7(11)9-3)4-6(10)8-2/h4H,1-3H3,(H,8,10)(H,9,11)/b5-4-. The lowest BCUT2D eigenvalue weighted by atomic mass is 10.2. The normalized spacial score (nSPS) is 10.6. The van der Waals surface area contributed by atoms with Gasteiger partial charge in [0.1, 0.15) is 0 Å². The quantitative estimate of drug-likeness (QED) is 0.526. The first-order valence-corrected chi connectivity index (χ1v) is 3.24. The predicted octanol–water partition coefficient (Wildman–Crippen LogP) is -0.575. The zero-order chi connectivity index (χ0) is 8.85. The van der Waals surface area contributed by atoms with E-state index in [0.29, 0.717) is 5.57 Å². The Bertz CT molecular complexity index is 197. The molecule has 4 heteroatoms. The molecule has 11 heavy (non-hydrogen) atoms. The van der Waals surface area contributed by atoms with Gasteiger partial charge in [0.25, 0.3) is 0 Å². The molecule has 0 aromatic heterocycles. The van der Waals surface area contributed by atoms with Crippen LogP contribution in [0.2, 0.25) is 0 Å². The Morgan fingerprint density at radius 3 is 2.09 bits per heavy atom. The lowest BCUT2D eigenvalue weighted by Crippen LogP contribution is -2.21. The van der Waals surface area contributed by atoms with Crippen molar-refractivity contribution in [2.45, 2.75) is 6.92 Å². The summed E-state index contributed by atoms with van der Waals surface area (Å²) < 4.78 is 0. The number of carbonyl (C=O) groups excluding carboxylic acids is 2. The van der Waals surface area contributed by atoms with E-state index in [1.807, 2.05) is 0 Å². The van der Waals surface area contributed by atoms with E-state index in [-0.39, 0.29) is 11.8 Å². The summed E-state index contributed by atoms with van der Waals surface area (Å²) in [7, 11) is 3.03. The molecule has 0 saturated carbocycles. The molecule has 62 valence electrons. The molecule has 0 saturated heterocycles. The summed E-state index contributed by atoms with van der Waals surface area (Å²) in [4.78, 5) is 21.5. The number of hydrogen-bond donors (Lipinski definition) is 2. The molecule has 0 aliphatic heterocycles. The Balaban J connectivity index is 4.21. The van der Waals surface area contributed by atoms with Crippen LogP contribution < -0.4 is 10.6 Å². The summed E-state index contributed by atoms with van der Waals surface area (Å²) in [6.45, 7) is 1.58. The van der Waals surface area contributed by atoms with E-state index in [9.17, 15) is 9.59 Å². The van der Waals surface area contributed by atoms with Crippen LogP contribution >= 0.6 is 0 Å². The van der Waals surface area contributed by atoms with Gasteiger partial charge in [-0.2, -0.15) is 0 Å². The highest BCUT2D eigenvalue weighted by Crippen LogP contribution is 1.90. The van der Waals surface area contributed by atoms with Crippen molar-refractivity contribution in [2.24, 2.45) is 0 Å². The van der Waals surface area contributed by atoms with Crippen molar-refractivity contribution in [2.75, 3.05) is 14.1 Å². The molecule has 0 fully saturated rings. The molecule has 0 atom stereocenters. The minimum Gasteiger partial charge on any atom is -0.356 e.